The standard InChI is InChI=1S/C17H16N2O2/c1-21-13-7-8-14-15(11-18-16(14)9-13)17(20)19-10-12-5-3-2-4-6-12/h2-9,11,18H,10H2,1H3,(H,19,20). The van der Waals surface area contributed by atoms with Gasteiger partial charge in [0.2, 0.25) is 0 Å². The van der Waals surface area contributed by atoms with Crippen LogP contribution < -0.4 is 10.1 Å². The van der Waals surface area contributed by atoms with E-state index in [4.69, 9.17) is 4.74 Å². The average molecular weight is 280 g/mol. The highest BCUT2D eigenvalue weighted by Gasteiger charge is 2.12. The SMILES string of the molecule is COc1ccc2c(C(=O)NCc3ccccc3)c[nH]c2c1. The van der Waals surface area contributed by atoms with Gasteiger partial charge in [0, 0.05) is 29.7 Å². The number of amides is 1. The molecular formula is C17H16N2O2. The summed E-state index contributed by atoms with van der Waals surface area (Å²) in [5, 5.41) is 3.82. The van der Waals surface area contributed by atoms with E-state index in [0.717, 1.165) is 22.2 Å². The lowest BCUT2D eigenvalue weighted by Gasteiger charge is -2.05. The van der Waals surface area contributed by atoms with Gasteiger partial charge in [0.25, 0.3) is 5.91 Å². The molecule has 0 saturated heterocycles. The van der Waals surface area contributed by atoms with E-state index < -0.39 is 0 Å². The molecule has 0 unspecified atom stereocenters. The molecule has 21 heavy (non-hydrogen) atoms. The van der Waals surface area contributed by atoms with Crippen molar-refractivity contribution < 1.29 is 9.53 Å². The lowest BCUT2D eigenvalue weighted by atomic mass is 10.1. The van der Waals surface area contributed by atoms with Crippen LogP contribution in [0.4, 0.5) is 0 Å². The molecule has 0 aliphatic carbocycles. The number of H-pyrrole nitrogens is 1. The molecule has 0 saturated carbocycles. The smallest absolute Gasteiger partial charge is 0.253 e. The molecule has 0 aliphatic heterocycles. The van der Waals surface area contributed by atoms with E-state index >= 15 is 0 Å². The largest absolute Gasteiger partial charge is 0.497 e. The van der Waals surface area contributed by atoms with Crippen molar-refractivity contribution in [2.24, 2.45) is 0 Å². The van der Waals surface area contributed by atoms with Gasteiger partial charge in [0.1, 0.15) is 5.75 Å². The second-order valence-electron chi connectivity index (χ2n) is 4.78. The number of aromatic amines is 1. The topological polar surface area (TPSA) is 54.1 Å². The molecular weight excluding hydrogens is 264 g/mol. The Kier molecular flexibility index (Phi) is 3.60. The van der Waals surface area contributed by atoms with Gasteiger partial charge in [-0.05, 0) is 17.7 Å². The van der Waals surface area contributed by atoms with Crippen LogP contribution in [-0.2, 0) is 6.54 Å². The average Bonchev–Trinajstić information content (AvgIpc) is 2.96. The Morgan fingerprint density at radius 2 is 2.00 bits per heavy atom. The molecule has 1 amide bonds. The zero-order valence-corrected chi connectivity index (χ0v) is 11.7. The minimum Gasteiger partial charge on any atom is -0.497 e. The fourth-order valence-electron chi connectivity index (χ4n) is 2.29. The Bertz CT molecular complexity index is 763. The molecule has 0 spiro atoms. The number of benzene rings is 2. The van der Waals surface area contributed by atoms with Crippen molar-refractivity contribution in [3.63, 3.8) is 0 Å². The number of rotatable bonds is 4. The van der Waals surface area contributed by atoms with Crippen molar-refractivity contribution in [1.82, 2.24) is 10.3 Å². The molecule has 2 aromatic carbocycles. The molecule has 0 fully saturated rings. The predicted octanol–water partition coefficient (Wildman–Crippen LogP) is 3.11. The number of hydrogen-bond acceptors (Lipinski definition) is 2. The van der Waals surface area contributed by atoms with Gasteiger partial charge in [0.15, 0.2) is 0 Å². The summed E-state index contributed by atoms with van der Waals surface area (Å²) in [4.78, 5) is 15.4. The Labute approximate surface area is 122 Å². The van der Waals surface area contributed by atoms with Crippen LogP contribution in [-0.4, -0.2) is 18.0 Å². The highest BCUT2D eigenvalue weighted by molar-refractivity contribution is 6.06. The van der Waals surface area contributed by atoms with Crippen LogP contribution in [0.25, 0.3) is 10.9 Å². The van der Waals surface area contributed by atoms with Gasteiger partial charge in [-0.25, -0.2) is 0 Å². The van der Waals surface area contributed by atoms with E-state index in [1.807, 2.05) is 48.5 Å². The van der Waals surface area contributed by atoms with Gasteiger partial charge in [-0.2, -0.15) is 0 Å². The Morgan fingerprint density at radius 1 is 1.19 bits per heavy atom. The molecule has 0 atom stereocenters. The summed E-state index contributed by atoms with van der Waals surface area (Å²) in [5.74, 6) is 0.677. The number of hydrogen-bond donors (Lipinski definition) is 2. The van der Waals surface area contributed by atoms with Gasteiger partial charge in [-0.15, -0.1) is 0 Å². The maximum absolute atomic E-state index is 12.3. The third kappa shape index (κ3) is 2.74. The molecule has 0 aliphatic rings. The quantitative estimate of drug-likeness (QED) is 0.771. The minimum absolute atomic E-state index is 0.0877. The molecule has 0 radical (unpaired) electrons. The Morgan fingerprint density at radius 3 is 2.76 bits per heavy atom. The fourth-order valence-corrected chi connectivity index (χ4v) is 2.29. The van der Waals surface area contributed by atoms with E-state index in [9.17, 15) is 4.79 Å². The Balaban J connectivity index is 1.78. The van der Waals surface area contributed by atoms with Gasteiger partial charge < -0.3 is 15.0 Å². The molecule has 106 valence electrons. The first-order chi connectivity index (χ1) is 10.3. The predicted molar refractivity (Wildman–Crippen MR) is 82.5 cm³/mol. The van der Waals surface area contributed by atoms with E-state index in [2.05, 4.69) is 10.3 Å². The van der Waals surface area contributed by atoms with Crippen molar-refractivity contribution >= 4 is 16.8 Å². The first kappa shape index (κ1) is 13.2. The van der Waals surface area contributed by atoms with Crippen LogP contribution in [0.1, 0.15) is 15.9 Å². The lowest BCUT2D eigenvalue weighted by Crippen LogP contribution is -2.22. The maximum Gasteiger partial charge on any atom is 0.253 e. The molecule has 3 rings (SSSR count). The van der Waals surface area contributed by atoms with E-state index in [1.165, 1.54) is 0 Å². The molecule has 2 N–H and O–H groups in total. The summed E-state index contributed by atoms with van der Waals surface area (Å²) in [6.45, 7) is 0.516. The van der Waals surface area contributed by atoms with Gasteiger partial charge in [0.05, 0.1) is 12.7 Å². The summed E-state index contributed by atoms with van der Waals surface area (Å²) >= 11 is 0. The monoisotopic (exact) mass is 280 g/mol. The number of aromatic nitrogens is 1. The van der Waals surface area contributed by atoms with Crippen molar-refractivity contribution in [3.05, 3.63) is 65.9 Å². The van der Waals surface area contributed by atoms with Gasteiger partial charge in [-0.3, -0.25) is 4.79 Å². The zero-order chi connectivity index (χ0) is 14.7. The fraction of sp³-hybridized carbons (Fsp3) is 0.118. The van der Waals surface area contributed by atoms with Crippen LogP contribution in [0, 0.1) is 0 Å². The van der Waals surface area contributed by atoms with Crippen molar-refractivity contribution in [2.75, 3.05) is 7.11 Å². The minimum atomic E-state index is -0.0877. The maximum atomic E-state index is 12.3. The number of ether oxygens (including phenoxy) is 1. The first-order valence-electron chi connectivity index (χ1n) is 6.75. The lowest BCUT2D eigenvalue weighted by molar-refractivity contribution is 0.0952. The molecule has 3 aromatic rings. The summed E-state index contributed by atoms with van der Waals surface area (Å²) in [7, 11) is 1.62. The zero-order valence-electron chi connectivity index (χ0n) is 11.7. The molecule has 1 heterocycles. The summed E-state index contributed by atoms with van der Waals surface area (Å²) in [6.07, 6.45) is 1.73. The number of nitrogens with one attached hydrogen (secondary N) is 2. The number of fused-ring (bicyclic) bond motifs is 1. The molecule has 0 bridgehead atoms. The van der Waals surface area contributed by atoms with E-state index in [1.54, 1.807) is 13.3 Å². The van der Waals surface area contributed by atoms with E-state index in [0.29, 0.717) is 12.1 Å². The Hall–Kier alpha value is -2.75. The normalized spacial score (nSPS) is 10.5. The van der Waals surface area contributed by atoms with Crippen molar-refractivity contribution in [3.8, 4) is 5.75 Å². The number of carbonyl (C=O) groups is 1. The third-order valence-electron chi connectivity index (χ3n) is 3.43. The number of carbonyl (C=O) groups excluding carboxylic acids is 1. The van der Waals surface area contributed by atoms with Gasteiger partial charge >= 0.3 is 0 Å². The van der Waals surface area contributed by atoms with Crippen molar-refractivity contribution in [2.45, 2.75) is 6.54 Å². The highest BCUT2D eigenvalue weighted by atomic mass is 16.5. The van der Waals surface area contributed by atoms with Crippen LogP contribution >= 0.6 is 0 Å². The molecule has 1 aromatic heterocycles. The summed E-state index contributed by atoms with van der Waals surface area (Å²) in [5.41, 5.74) is 2.61. The first-order valence-corrected chi connectivity index (χ1v) is 6.75. The van der Waals surface area contributed by atoms with E-state index in [-0.39, 0.29) is 5.91 Å². The van der Waals surface area contributed by atoms with Crippen molar-refractivity contribution in [1.29, 1.82) is 0 Å². The summed E-state index contributed by atoms with van der Waals surface area (Å²) < 4.78 is 5.18. The van der Waals surface area contributed by atoms with Crippen LogP contribution in [0.15, 0.2) is 54.7 Å². The van der Waals surface area contributed by atoms with Crippen LogP contribution in [0.3, 0.4) is 0 Å². The number of methoxy groups -OCH3 is 1. The second-order valence-corrected chi connectivity index (χ2v) is 4.78. The summed E-state index contributed by atoms with van der Waals surface area (Å²) in [6, 6.07) is 15.5. The molecule has 4 nitrogen and oxygen atoms in total. The third-order valence-corrected chi connectivity index (χ3v) is 3.43. The highest BCUT2D eigenvalue weighted by Crippen LogP contribution is 2.23. The van der Waals surface area contributed by atoms with Crippen LogP contribution in [0.2, 0.25) is 0 Å². The second kappa shape index (κ2) is 5.71. The van der Waals surface area contributed by atoms with Gasteiger partial charge in [-0.1, -0.05) is 30.3 Å². The molecule has 4 heteroatoms. The van der Waals surface area contributed by atoms with Crippen LogP contribution in [0.5, 0.6) is 5.75 Å².